The molecule has 1 aromatic heterocycles. The second-order valence-corrected chi connectivity index (χ2v) is 7.87. The number of carbonyl (C=O) groups excluding carboxylic acids is 1. The van der Waals surface area contributed by atoms with Crippen molar-refractivity contribution in [2.24, 2.45) is 0 Å². The molecule has 1 aliphatic carbocycles. The van der Waals surface area contributed by atoms with E-state index in [1.54, 1.807) is 4.90 Å². The summed E-state index contributed by atoms with van der Waals surface area (Å²) in [4.78, 5) is 13.9. The van der Waals surface area contributed by atoms with Crippen molar-refractivity contribution >= 4 is 6.09 Å². The molecule has 1 saturated heterocycles. The van der Waals surface area contributed by atoms with Gasteiger partial charge in [0.15, 0.2) is 5.75 Å². The van der Waals surface area contributed by atoms with Crippen LogP contribution in [-0.2, 0) is 9.47 Å². The van der Waals surface area contributed by atoms with E-state index in [9.17, 15) is 4.79 Å². The van der Waals surface area contributed by atoms with Crippen molar-refractivity contribution in [3.63, 3.8) is 0 Å². The van der Waals surface area contributed by atoms with E-state index < -0.39 is 5.60 Å². The quantitative estimate of drug-likeness (QED) is 0.834. The molecular weight excluding hydrogens is 322 g/mol. The van der Waals surface area contributed by atoms with Gasteiger partial charge in [-0.25, -0.2) is 4.79 Å². The maximum absolute atomic E-state index is 12.2. The number of ether oxygens (including phenoxy) is 3. The first-order valence-electron chi connectivity index (χ1n) is 9.10. The molecule has 1 amide bonds. The number of amides is 1. The Bertz CT molecular complexity index is 604. The molecule has 7 heteroatoms. The van der Waals surface area contributed by atoms with E-state index in [1.807, 2.05) is 38.6 Å². The van der Waals surface area contributed by atoms with Crippen LogP contribution in [0.25, 0.3) is 0 Å². The lowest BCUT2D eigenvalue weighted by Crippen LogP contribution is -2.49. The summed E-state index contributed by atoms with van der Waals surface area (Å²) in [5.74, 6) is 0.796. The fraction of sp³-hybridized carbons (Fsp3) is 0.778. The lowest BCUT2D eigenvalue weighted by Gasteiger charge is -2.34. The van der Waals surface area contributed by atoms with Gasteiger partial charge < -0.3 is 19.1 Å². The molecule has 2 fully saturated rings. The molecule has 25 heavy (non-hydrogen) atoms. The monoisotopic (exact) mass is 351 g/mol. The average Bonchev–Trinajstić information content (AvgIpc) is 2.82. The minimum absolute atomic E-state index is 0.160. The van der Waals surface area contributed by atoms with Crippen LogP contribution < -0.4 is 4.74 Å². The van der Waals surface area contributed by atoms with Gasteiger partial charge in [0.2, 0.25) is 0 Å². The van der Waals surface area contributed by atoms with Crippen LogP contribution in [0.1, 0.15) is 51.8 Å². The summed E-state index contributed by atoms with van der Waals surface area (Å²) < 4.78 is 19.1. The third-order valence-corrected chi connectivity index (χ3v) is 4.54. The van der Waals surface area contributed by atoms with Crippen molar-refractivity contribution in [3.05, 3.63) is 11.9 Å². The van der Waals surface area contributed by atoms with Crippen molar-refractivity contribution in [2.45, 2.75) is 64.7 Å². The molecule has 2 heterocycles. The molecule has 0 bridgehead atoms. The first-order valence-corrected chi connectivity index (χ1v) is 9.10. The Hall–Kier alpha value is -1.76. The Labute approximate surface area is 149 Å². The lowest BCUT2D eigenvalue weighted by molar-refractivity contribution is -0.0557. The van der Waals surface area contributed by atoms with E-state index in [0.29, 0.717) is 32.3 Å². The molecule has 1 aliphatic heterocycles. The fourth-order valence-corrected chi connectivity index (χ4v) is 2.94. The average molecular weight is 351 g/mol. The number of rotatable bonds is 4. The van der Waals surface area contributed by atoms with Gasteiger partial charge in [-0.3, -0.25) is 4.68 Å². The highest BCUT2D eigenvalue weighted by Crippen LogP contribution is 2.32. The minimum Gasteiger partial charge on any atom is -0.487 e. The maximum atomic E-state index is 12.2. The van der Waals surface area contributed by atoms with Gasteiger partial charge in [0.25, 0.3) is 0 Å². The fourth-order valence-electron chi connectivity index (χ4n) is 2.94. The number of nitrogens with zero attached hydrogens (tertiary/aromatic N) is 3. The van der Waals surface area contributed by atoms with E-state index in [-0.39, 0.29) is 12.2 Å². The number of hydrogen-bond acceptors (Lipinski definition) is 5. The largest absolute Gasteiger partial charge is 0.487 e. The SMILES string of the molecule is Cc1nn(C2CCC2)cc1OCC1CN(C(=O)OC(C)(C)C)CCO1. The van der Waals surface area contributed by atoms with Gasteiger partial charge in [0, 0.05) is 6.54 Å². The molecule has 1 aromatic rings. The van der Waals surface area contributed by atoms with Crippen LogP contribution in [-0.4, -0.2) is 58.8 Å². The number of morpholine rings is 1. The number of hydrogen-bond donors (Lipinski definition) is 0. The zero-order valence-electron chi connectivity index (χ0n) is 15.7. The topological polar surface area (TPSA) is 65.8 Å². The molecule has 0 N–H and O–H groups in total. The summed E-state index contributed by atoms with van der Waals surface area (Å²) in [6.45, 7) is 9.48. The molecule has 0 radical (unpaired) electrons. The minimum atomic E-state index is -0.491. The van der Waals surface area contributed by atoms with Gasteiger partial charge in [-0.1, -0.05) is 0 Å². The zero-order valence-corrected chi connectivity index (χ0v) is 15.7. The van der Waals surface area contributed by atoms with Gasteiger partial charge in [-0.2, -0.15) is 5.10 Å². The molecule has 1 unspecified atom stereocenters. The number of carbonyl (C=O) groups is 1. The van der Waals surface area contributed by atoms with E-state index in [2.05, 4.69) is 5.10 Å². The van der Waals surface area contributed by atoms with E-state index >= 15 is 0 Å². The van der Waals surface area contributed by atoms with Crippen LogP contribution in [0.15, 0.2) is 6.20 Å². The molecular formula is C18H29N3O4. The van der Waals surface area contributed by atoms with Crippen molar-refractivity contribution < 1.29 is 19.0 Å². The second-order valence-electron chi connectivity index (χ2n) is 7.87. The third-order valence-electron chi connectivity index (χ3n) is 4.54. The standard InChI is InChI=1S/C18H29N3O4/c1-13-16(11-21(19-13)14-6-5-7-14)24-12-15-10-20(8-9-23-15)17(22)25-18(2,3)4/h11,14-15H,5-10,12H2,1-4H3. The van der Waals surface area contributed by atoms with E-state index in [1.165, 1.54) is 19.3 Å². The predicted molar refractivity (Wildman–Crippen MR) is 92.9 cm³/mol. The highest BCUT2D eigenvalue weighted by Gasteiger charge is 2.29. The first kappa shape index (κ1) is 18.0. The van der Waals surface area contributed by atoms with Crippen LogP contribution >= 0.6 is 0 Å². The lowest BCUT2D eigenvalue weighted by atomic mass is 9.93. The summed E-state index contributed by atoms with van der Waals surface area (Å²) in [6, 6.07) is 0.518. The van der Waals surface area contributed by atoms with Crippen LogP contribution in [0, 0.1) is 6.92 Å². The summed E-state index contributed by atoms with van der Waals surface area (Å²) in [5.41, 5.74) is 0.404. The zero-order chi connectivity index (χ0) is 18.0. The van der Waals surface area contributed by atoms with Crippen LogP contribution in [0.5, 0.6) is 5.75 Å². The summed E-state index contributed by atoms with van der Waals surface area (Å²) in [7, 11) is 0. The Morgan fingerprint density at radius 2 is 2.16 bits per heavy atom. The summed E-state index contributed by atoms with van der Waals surface area (Å²) in [6.07, 6.45) is 5.18. The predicted octanol–water partition coefficient (Wildman–Crippen LogP) is 2.93. The van der Waals surface area contributed by atoms with Crippen LogP contribution in [0.2, 0.25) is 0 Å². The molecule has 3 rings (SSSR count). The van der Waals surface area contributed by atoms with Gasteiger partial charge >= 0.3 is 6.09 Å². The summed E-state index contributed by atoms with van der Waals surface area (Å²) >= 11 is 0. The van der Waals surface area contributed by atoms with Crippen molar-refractivity contribution in [1.29, 1.82) is 0 Å². The van der Waals surface area contributed by atoms with Gasteiger partial charge in [0.05, 0.1) is 25.4 Å². The van der Waals surface area contributed by atoms with E-state index in [4.69, 9.17) is 14.2 Å². The summed E-state index contributed by atoms with van der Waals surface area (Å²) in [5, 5.41) is 4.55. The highest BCUT2D eigenvalue weighted by molar-refractivity contribution is 5.68. The normalized spacial score (nSPS) is 21.8. The van der Waals surface area contributed by atoms with Gasteiger partial charge in [-0.05, 0) is 47.0 Å². The Morgan fingerprint density at radius 1 is 1.40 bits per heavy atom. The van der Waals surface area contributed by atoms with Gasteiger partial charge in [0.1, 0.15) is 24.0 Å². The first-order chi connectivity index (χ1) is 11.8. The molecule has 1 saturated carbocycles. The maximum Gasteiger partial charge on any atom is 0.410 e. The Balaban J connectivity index is 1.51. The van der Waals surface area contributed by atoms with Crippen molar-refractivity contribution in [3.8, 4) is 5.75 Å². The number of aromatic nitrogens is 2. The Kier molecular flexibility index (Phi) is 5.22. The molecule has 1 atom stereocenters. The molecule has 0 spiro atoms. The number of aryl methyl sites for hydroxylation is 1. The third kappa shape index (κ3) is 4.66. The Morgan fingerprint density at radius 3 is 2.80 bits per heavy atom. The highest BCUT2D eigenvalue weighted by atomic mass is 16.6. The molecule has 2 aliphatic rings. The van der Waals surface area contributed by atoms with Crippen LogP contribution in [0.4, 0.5) is 4.79 Å². The smallest absolute Gasteiger partial charge is 0.410 e. The van der Waals surface area contributed by atoms with Crippen molar-refractivity contribution in [2.75, 3.05) is 26.3 Å². The van der Waals surface area contributed by atoms with Crippen molar-refractivity contribution in [1.82, 2.24) is 14.7 Å². The molecule has 0 aromatic carbocycles. The van der Waals surface area contributed by atoms with Crippen LogP contribution in [0.3, 0.4) is 0 Å². The van der Waals surface area contributed by atoms with Gasteiger partial charge in [-0.15, -0.1) is 0 Å². The second kappa shape index (κ2) is 7.23. The molecule has 7 nitrogen and oxygen atoms in total. The molecule has 140 valence electrons. The van der Waals surface area contributed by atoms with E-state index in [0.717, 1.165) is 11.4 Å².